The molecule has 0 aliphatic carbocycles. The van der Waals surface area contributed by atoms with Crippen molar-refractivity contribution in [1.82, 2.24) is 0 Å². The van der Waals surface area contributed by atoms with Gasteiger partial charge in [-0.05, 0) is 41.8 Å². The summed E-state index contributed by atoms with van der Waals surface area (Å²) in [6.07, 6.45) is 0.825. The molecule has 0 unspecified atom stereocenters. The van der Waals surface area contributed by atoms with Crippen LogP contribution in [0.4, 0.5) is 11.4 Å². The van der Waals surface area contributed by atoms with Crippen LogP contribution in [0.2, 0.25) is 10.0 Å². The Morgan fingerprint density at radius 3 is 2.43 bits per heavy atom. The largest absolute Gasteiger partial charge is 0.308 e. The zero-order chi connectivity index (χ0) is 16.6. The summed E-state index contributed by atoms with van der Waals surface area (Å²) in [5.74, 6) is -0.0255. The molecule has 0 spiro atoms. The molecule has 0 radical (unpaired) electrons. The number of benzene rings is 2. The minimum Gasteiger partial charge on any atom is -0.308 e. The number of carbonyl (C=O) groups excluding carboxylic acids is 1. The van der Waals surface area contributed by atoms with Crippen LogP contribution in [0.25, 0.3) is 0 Å². The van der Waals surface area contributed by atoms with Crippen molar-refractivity contribution in [2.45, 2.75) is 19.4 Å². The van der Waals surface area contributed by atoms with E-state index in [1.54, 1.807) is 29.2 Å². The molecular weight excluding hydrogens is 339 g/mol. The summed E-state index contributed by atoms with van der Waals surface area (Å²) in [5, 5.41) is 11.9. The Hall–Kier alpha value is -2.11. The number of hydrogen-bond donors (Lipinski definition) is 0. The average molecular weight is 351 g/mol. The predicted molar refractivity (Wildman–Crippen MR) is 89.1 cm³/mol. The Labute approximate surface area is 142 Å². The average Bonchev–Trinajstić information content (AvgIpc) is 2.48. The lowest BCUT2D eigenvalue weighted by Gasteiger charge is -2.29. The summed E-state index contributed by atoms with van der Waals surface area (Å²) in [5.41, 5.74) is 2.33. The van der Waals surface area contributed by atoms with E-state index < -0.39 is 4.92 Å². The number of anilines is 1. The van der Waals surface area contributed by atoms with Gasteiger partial charge in [-0.1, -0.05) is 23.2 Å². The van der Waals surface area contributed by atoms with Gasteiger partial charge in [0.25, 0.3) is 5.69 Å². The van der Waals surface area contributed by atoms with Gasteiger partial charge >= 0.3 is 0 Å². The minimum atomic E-state index is -0.433. The van der Waals surface area contributed by atoms with E-state index in [0.717, 1.165) is 11.1 Å². The highest BCUT2D eigenvalue weighted by Gasteiger charge is 2.26. The van der Waals surface area contributed by atoms with Crippen LogP contribution in [0.1, 0.15) is 17.5 Å². The molecular formula is C16H12Cl2N2O3. The molecule has 7 heteroatoms. The molecule has 1 amide bonds. The normalized spacial score (nSPS) is 13.8. The predicted octanol–water partition coefficient (Wildman–Crippen LogP) is 4.38. The number of amides is 1. The maximum Gasteiger partial charge on any atom is 0.269 e. The van der Waals surface area contributed by atoms with Crippen LogP contribution in [-0.2, 0) is 17.8 Å². The number of halogens is 2. The van der Waals surface area contributed by atoms with E-state index in [4.69, 9.17) is 23.2 Å². The van der Waals surface area contributed by atoms with Crippen LogP contribution in [0, 0.1) is 10.1 Å². The van der Waals surface area contributed by atoms with Crippen LogP contribution in [-0.4, -0.2) is 10.8 Å². The zero-order valence-electron chi connectivity index (χ0n) is 12.0. The highest BCUT2D eigenvalue weighted by atomic mass is 35.5. The van der Waals surface area contributed by atoms with E-state index in [2.05, 4.69) is 0 Å². The Balaban J connectivity index is 1.96. The van der Waals surface area contributed by atoms with Crippen LogP contribution in [0.3, 0.4) is 0 Å². The summed E-state index contributed by atoms with van der Waals surface area (Å²) in [6.45, 7) is 0.323. The van der Waals surface area contributed by atoms with Crippen molar-refractivity contribution in [2.24, 2.45) is 0 Å². The second kappa shape index (κ2) is 6.18. The highest BCUT2D eigenvalue weighted by Crippen LogP contribution is 2.32. The monoisotopic (exact) mass is 350 g/mol. The molecule has 1 aliphatic rings. The third-order valence-electron chi connectivity index (χ3n) is 3.74. The van der Waals surface area contributed by atoms with E-state index in [-0.39, 0.29) is 11.6 Å². The fourth-order valence-electron chi connectivity index (χ4n) is 2.72. The first-order chi connectivity index (χ1) is 10.9. The first kappa shape index (κ1) is 15.8. The molecule has 3 rings (SSSR count). The zero-order valence-corrected chi connectivity index (χ0v) is 13.5. The smallest absolute Gasteiger partial charge is 0.269 e. The third-order valence-corrected chi connectivity index (χ3v) is 4.17. The summed E-state index contributed by atoms with van der Waals surface area (Å²) in [7, 11) is 0. The summed E-state index contributed by atoms with van der Waals surface area (Å²) in [4.78, 5) is 24.4. The van der Waals surface area contributed by atoms with E-state index in [1.165, 1.54) is 12.1 Å². The van der Waals surface area contributed by atoms with Crippen molar-refractivity contribution < 1.29 is 9.72 Å². The van der Waals surface area contributed by atoms with Gasteiger partial charge in [-0.2, -0.15) is 0 Å². The Morgan fingerprint density at radius 2 is 1.78 bits per heavy atom. The van der Waals surface area contributed by atoms with Crippen molar-refractivity contribution in [3.05, 3.63) is 67.7 Å². The van der Waals surface area contributed by atoms with Crippen molar-refractivity contribution in [3.8, 4) is 0 Å². The van der Waals surface area contributed by atoms with Crippen LogP contribution >= 0.6 is 23.2 Å². The van der Waals surface area contributed by atoms with E-state index in [1.807, 2.05) is 0 Å². The topological polar surface area (TPSA) is 63.4 Å². The van der Waals surface area contributed by atoms with Gasteiger partial charge in [0.05, 0.1) is 11.5 Å². The number of rotatable bonds is 3. The molecule has 5 nitrogen and oxygen atoms in total. The number of fused-ring (bicyclic) bond motifs is 1. The van der Waals surface area contributed by atoms with Gasteiger partial charge in [0.1, 0.15) is 0 Å². The number of nitro groups is 1. The van der Waals surface area contributed by atoms with Crippen LogP contribution < -0.4 is 4.90 Å². The van der Waals surface area contributed by atoms with Gasteiger partial charge in [0.15, 0.2) is 0 Å². The first-order valence-electron chi connectivity index (χ1n) is 6.97. The maximum atomic E-state index is 12.3. The molecule has 0 saturated carbocycles. The second-order valence-electron chi connectivity index (χ2n) is 5.33. The Morgan fingerprint density at radius 1 is 1.09 bits per heavy atom. The van der Waals surface area contributed by atoms with Gasteiger partial charge in [-0.3, -0.25) is 14.9 Å². The molecule has 0 N–H and O–H groups in total. The van der Waals surface area contributed by atoms with Crippen molar-refractivity contribution in [1.29, 1.82) is 0 Å². The van der Waals surface area contributed by atoms with Gasteiger partial charge < -0.3 is 4.90 Å². The van der Waals surface area contributed by atoms with Gasteiger partial charge in [-0.15, -0.1) is 0 Å². The molecule has 2 aromatic rings. The van der Waals surface area contributed by atoms with E-state index in [9.17, 15) is 14.9 Å². The summed E-state index contributed by atoms with van der Waals surface area (Å²) >= 11 is 12.0. The molecule has 0 saturated heterocycles. The molecule has 0 aromatic heterocycles. The van der Waals surface area contributed by atoms with E-state index in [0.29, 0.717) is 35.1 Å². The molecule has 1 aliphatic heterocycles. The molecule has 2 aromatic carbocycles. The first-order valence-corrected chi connectivity index (χ1v) is 7.72. The molecule has 1 heterocycles. The Bertz CT molecular complexity index is 788. The number of carbonyl (C=O) groups is 1. The summed E-state index contributed by atoms with van der Waals surface area (Å²) < 4.78 is 0. The van der Waals surface area contributed by atoms with E-state index >= 15 is 0 Å². The quantitative estimate of drug-likeness (QED) is 0.609. The maximum absolute atomic E-state index is 12.3. The number of nitro benzene ring substituents is 1. The second-order valence-corrected chi connectivity index (χ2v) is 6.20. The standard InChI is InChI=1S/C16H12Cl2N2O3/c17-12-5-10(6-13(18)8-12)9-19-15-3-2-14(20(22)23)7-11(15)1-4-16(19)21/h2-3,5-8H,1,4,9H2. The number of aryl methyl sites for hydroxylation is 1. The molecule has 23 heavy (non-hydrogen) atoms. The minimum absolute atomic E-state index is 0.0255. The SMILES string of the molecule is O=C1CCc2cc([N+](=O)[O-])ccc2N1Cc1cc(Cl)cc(Cl)c1. The van der Waals surface area contributed by atoms with Crippen LogP contribution in [0.5, 0.6) is 0 Å². The fraction of sp³-hybridized carbons (Fsp3) is 0.188. The lowest BCUT2D eigenvalue weighted by molar-refractivity contribution is -0.384. The van der Waals surface area contributed by atoms with Gasteiger partial charge in [0, 0.05) is 34.3 Å². The van der Waals surface area contributed by atoms with Gasteiger partial charge in [-0.25, -0.2) is 0 Å². The summed E-state index contributed by atoms with van der Waals surface area (Å²) in [6, 6.07) is 9.69. The molecule has 0 atom stereocenters. The molecule has 0 fully saturated rings. The fourth-order valence-corrected chi connectivity index (χ4v) is 3.29. The molecule has 118 valence electrons. The number of nitrogens with zero attached hydrogens (tertiary/aromatic N) is 2. The Kier molecular flexibility index (Phi) is 4.24. The third kappa shape index (κ3) is 3.30. The van der Waals surface area contributed by atoms with Crippen molar-refractivity contribution in [2.75, 3.05) is 4.90 Å². The number of hydrogen-bond acceptors (Lipinski definition) is 3. The highest BCUT2D eigenvalue weighted by molar-refractivity contribution is 6.34. The number of non-ortho nitro benzene ring substituents is 1. The van der Waals surface area contributed by atoms with Crippen molar-refractivity contribution >= 4 is 40.5 Å². The lowest BCUT2D eigenvalue weighted by atomic mass is 9.99. The van der Waals surface area contributed by atoms with Crippen molar-refractivity contribution in [3.63, 3.8) is 0 Å². The van der Waals surface area contributed by atoms with Crippen LogP contribution in [0.15, 0.2) is 36.4 Å². The molecule has 0 bridgehead atoms. The lowest BCUT2D eigenvalue weighted by Crippen LogP contribution is -2.34. The van der Waals surface area contributed by atoms with Gasteiger partial charge in [0.2, 0.25) is 5.91 Å².